The normalized spacial score (nSPS) is 16.5. The lowest BCUT2D eigenvalue weighted by atomic mass is 9.91. The Bertz CT molecular complexity index is 733. The molecule has 4 heteroatoms. The molecular weight excluding hydrogens is 268 g/mol. The Morgan fingerprint density at radius 1 is 0.952 bits per heavy atom. The third-order valence-corrected chi connectivity index (χ3v) is 4.01. The molecule has 106 valence electrons. The lowest BCUT2D eigenvalue weighted by molar-refractivity contribution is 0.0686. The Kier molecular flexibility index (Phi) is 3.22. The van der Waals surface area contributed by atoms with Gasteiger partial charge in [0, 0.05) is 5.92 Å². The zero-order valence-electron chi connectivity index (χ0n) is 11.2. The number of fused-ring (bicyclic) bond motifs is 1. The molecule has 21 heavy (non-hydrogen) atoms. The highest BCUT2D eigenvalue weighted by atomic mass is 16.4. The van der Waals surface area contributed by atoms with Crippen molar-refractivity contribution in [3.63, 3.8) is 0 Å². The van der Waals surface area contributed by atoms with Crippen molar-refractivity contribution >= 4 is 11.9 Å². The lowest BCUT2D eigenvalue weighted by Crippen LogP contribution is -2.03. The van der Waals surface area contributed by atoms with Crippen molar-refractivity contribution in [2.75, 3.05) is 0 Å². The molecule has 0 bridgehead atoms. The van der Waals surface area contributed by atoms with Crippen LogP contribution in [0.1, 0.15) is 49.7 Å². The first-order valence-corrected chi connectivity index (χ1v) is 6.75. The zero-order chi connectivity index (χ0) is 15.0. The van der Waals surface area contributed by atoms with Gasteiger partial charge in [-0.3, -0.25) is 0 Å². The average Bonchev–Trinajstić information content (AvgIpc) is 2.90. The summed E-state index contributed by atoms with van der Waals surface area (Å²) in [6.07, 6.45) is 1.76. The van der Waals surface area contributed by atoms with Crippen molar-refractivity contribution < 1.29 is 19.8 Å². The number of hydrogen-bond donors (Lipinski definition) is 2. The van der Waals surface area contributed by atoms with Crippen LogP contribution >= 0.6 is 0 Å². The van der Waals surface area contributed by atoms with Crippen LogP contribution in [0.2, 0.25) is 0 Å². The number of carboxylic acid groups (broad SMARTS) is 2. The van der Waals surface area contributed by atoms with Gasteiger partial charge in [-0.25, -0.2) is 9.59 Å². The van der Waals surface area contributed by atoms with E-state index in [0.717, 1.165) is 29.5 Å². The van der Waals surface area contributed by atoms with E-state index in [1.165, 1.54) is 0 Å². The molecule has 0 amide bonds. The molecule has 0 aromatic heterocycles. The van der Waals surface area contributed by atoms with Gasteiger partial charge in [0.05, 0.1) is 11.1 Å². The molecule has 0 saturated carbocycles. The summed E-state index contributed by atoms with van der Waals surface area (Å²) in [5.74, 6) is -1.82. The third-order valence-electron chi connectivity index (χ3n) is 4.01. The van der Waals surface area contributed by atoms with E-state index in [1.807, 2.05) is 12.1 Å². The molecule has 2 aromatic rings. The minimum atomic E-state index is -0.950. The van der Waals surface area contributed by atoms with Gasteiger partial charge in [0.1, 0.15) is 0 Å². The third kappa shape index (κ3) is 2.40. The lowest BCUT2D eigenvalue weighted by Gasteiger charge is -2.13. The fourth-order valence-corrected chi connectivity index (χ4v) is 2.97. The maximum Gasteiger partial charge on any atom is 0.335 e. The van der Waals surface area contributed by atoms with Gasteiger partial charge >= 0.3 is 11.9 Å². The highest BCUT2D eigenvalue weighted by Gasteiger charge is 2.25. The van der Waals surface area contributed by atoms with Crippen LogP contribution in [0.3, 0.4) is 0 Å². The molecule has 4 nitrogen and oxygen atoms in total. The molecule has 2 aromatic carbocycles. The van der Waals surface area contributed by atoms with E-state index in [-0.39, 0.29) is 17.0 Å². The molecule has 1 unspecified atom stereocenters. The number of hydrogen-bond acceptors (Lipinski definition) is 2. The van der Waals surface area contributed by atoms with Gasteiger partial charge < -0.3 is 10.2 Å². The van der Waals surface area contributed by atoms with Crippen molar-refractivity contribution in [3.8, 4) is 0 Å². The summed E-state index contributed by atoms with van der Waals surface area (Å²) in [5.41, 5.74) is 3.60. The number of aromatic carboxylic acids is 2. The molecule has 2 N–H and O–H groups in total. The minimum absolute atomic E-state index is 0.0681. The second kappa shape index (κ2) is 5.05. The molecule has 1 aliphatic rings. The van der Waals surface area contributed by atoms with Crippen molar-refractivity contribution in [2.45, 2.75) is 18.8 Å². The molecule has 0 saturated heterocycles. The Balaban J connectivity index is 2.04. The van der Waals surface area contributed by atoms with Crippen LogP contribution in [-0.2, 0) is 6.42 Å². The van der Waals surface area contributed by atoms with Gasteiger partial charge in [-0.2, -0.15) is 0 Å². The maximum atomic E-state index is 11.1. The number of carbonyl (C=O) groups is 2. The quantitative estimate of drug-likeness (QED) is 0.906. The van der Waals surface area contributed by atoms with Crippen LogP contribution < -0.4 is 0 Å². The van der Waals surface area contributed by atoms with Gasteiger partial charge in [-0.15, -0.1) is 0 Å². The van der Waals surface area contributed by atoms with Crippen molar-refractivity contribution in [2.24, 2.45) is 0 Å². The molecule has 0 spiro atoms. The Morgan fingerprint density at radius 3 is 2.38 bits per heavy atom. The minimum Gasteiger partial charge on any atom is -0.478 e. The van der Waals surface area contributed by atoms with Gasteiger partial charge in [0.2, 0.25) is 0 Å². The van der Waals surface area contributed by atoms with E-state index in [2.05, 4.69) is 0 Å². The second-order valence-corrected chi connectivity index (χ2v) is 5.24. The van der Waals surface area contributed by atoms with E-state index in [9.17, 15) is 9.59 Å². The molecule has 0 fully saturated rings. The van der Waals surface area contributed by atoms with Crippen LogP contribution in [0.25, 0.3) is 0 Å². The van der Waals surface area contributed by atoms with Crippen LogP contribution in [0.5, 0.6) is 0 Å². The van der Waals surface area contributed by atoms with Crippen LogP contribution in [0.4, 0.5) is 0 Å². The first-order valence-electron chi connectivity index (χ1n) is 6.75. The highest BCUT2D eigenvalue weighted by Crippen LogP contribution is 2.38. The summed E-state index contributed by atoms with van der Waals surface area (Å²) in [4.78, 5) is 22.2. The maximum absolute atomic E-state index is 11.1. The predicted molar refractivity (Wildman–Crippen MR) is 77.0 cm³/mol. The molecule has 1 atom stereocenters. The fourth-order valence-electron chi connectivity index (χ4n) is 2.97. The zero-order valence-corrected chi connectivity index (χ0v) is 11.2. The first kappa shape index (κ1) is 13.4. The van der Waals surface area contributed by atoms with Crippen LogP contribution in [0, 0.1) is 0 Å². The van der Waals surface area contributed by atoms with E-state index in [4.69, 9.17) is 10.2 Å². The van der Waals surface area contributed by atoms with E-state index in [0.29, 0.717) is 0 Å². The summed E-state index contributed by atoms with van der Waals surface area (Å²) >= 11 is 0. The van der Waals surface area contributed by atoms with E-state index < -0.39 is 11.9 Å². The second-order valence-electron chi connectivity index (χ2n) is 5.24. The SMILES string of the molecule is O=C(O)c1cccc(C2CCc3ccc(C(=O)O)cc32)c1. The van der Waals surface area contributed by atoms with E-state index in [1.54, 1.807) is 30.3 Å². The summed E-state index contributed by atoms with van der Waals surface area (Å²) in [6.45, 7) is 0. The smallest absolute Gasteiger partial charge is 0.335 e. The van der Waals surface area contributed by atoms with Crippen molar-refractivity contribution in [1.82, 2.24) is 0 Å². The predicted octanol–water partition coefficient (Wildman–Crippen LogP) is 3.16. The van der Waals surface area contributed by atoms with Crippen molar-refractivity contribution in [3.05, 3.63) is 70.3 Å². The van der Waals surface area contributed by atoms with E-state index >= 15 is 0 Å². The Labute approximate surface area is 121 Å². The Hall–Kier alpha value is -2.62. The topological polar surface area (TPSA) is 74.6 Å². The summed E-state index contributed by atoms with van der Waals surface area (Å²) < 4.78 is 0. The standard InChI is InChI=1S/C17H14O4/c18-16(19)12-3-1-2-11(8-12)14-7-6-10-4-5-13(17(20)21)9-15(10)14/h1-5,8-9,14H,6-7H2,(H,18,19)(H,20,21). The largest absolute Gasteiger partial charge is 0.478 e. The number of benzene rings is 2. The van der Waals surface area contributed by atoms with Gasteiger partial charge in [-0.05, 0) is 53.8 Å². The highest BCUT2D eigenvalue weighted by molar-refractivity contribution is 5.88. The van der Waals surface area contributed by atoms with Gasteiger partial charge in [0.15, 0.2) is 0 Å². The van der Waals surface area contributed by atoms with Gasteiger partial charge in [-0.1, -0.05) is 18.2 Å². The number of aryl methyl sites for hydroxylation is 1. The molecule has 0 aliphatic heterocycles. The van der Waals surface area contributed by atoms with Crippen LogP contribution in [-0.4, -0.2) is 22.2 Å². The molecule has 3 rings (SSSR count). The van der Waals surface area contributed by atoms with Crippen LogP contribution in [0.15, 0.2) is 42.5 Å². The van der Waals surface area contributed by atoms with Crippen molar-refractivity contribution in [1.29, 1.82) is 0 Å². The molecule has 0 radical (unpaired) electrons. The monoisotopic (exact) mass is 282 g/mol. The average molecular weight is 282 g/mol. The summed E-state index contributed by atoms with van der Waals surface area (Å²) in [6, 6.07) is 12.1. The summed E-state index contributed by atoms with van der Waals surface area (Å²) in [7, 11) is 0. The molecule has 0 heterocycles. The molecule has 1 aliphatic carbocycles. The number of rotatable bonds is 3. The van der Waals surface area contributed by atoms with Gasteiger partial charge in [0.25, 0.3) is 0 Å². The molecular formula is C17H14O4. The first-order chi connectivity index (χ1) is 10.1. The number of carboxylic acids is 2. The summed E-state index contributed by atoms with van der Waals surface area (Å²) in [5, 5.41) is 18.2. The Morgan fingerprint density at radius 2 is 1.67 bits per heavy atom. The fraction of sp³-hybridized carbons (Fsp3) is 0.176.